The summed E-state index contributed by atoms with van der Waals surface area (Å²) in [6, 6.07) is 3.70. The molecule has 1 rings (SSSR count). The van der Waals surface area contributed by atoms with Gasteiger partial charge in [-0.25, -0.2) is 4.98 Å². The Labute approximate surface area is 108 Å². The first kappa shape index (κ1) is 14.4. The number of rotatable bonds is 5. The van der Waals surface area contributed by atoms with Gasteiger partial charge in [-0.2, -0.15) is 0 Å². The van der Waals surface area contributed by atoms with Crippen LogP contribution in [-0.4, -0.2) is 31.5 Å². The molecule has 100 valence electrons. The first-order chi connectivity index (χ1) is 8.42. The van der Waals surface area contributed by atoms with Crippen LogP contribution in [0.5, 0.6) is 0 Å². The zero-order valence-electron chi connectivity index (χ0n) is 11.5. The molecule has 1 aromatic heterocycles. The highest BCUT2D eigenvalue weighted by atomic mass is 16.2. The molecule has 18 heavy (non-hydrogen) atoms. The topological polar surface area (TPSA) is 71.2 Å². The van der Waals surface area contributed by atoms with E-state index in [1.807, 2.05) is 45.0 Å². The second-order valence-electron chi connectivity index (χ2n) is 4.87. The van der Waals surface area contributed by atoms with Crippen LogP contribution >= 0.6 is 0 Å². The number of nitrogens with one attached hydrogen (secondary N) is 1. The molecule has 0 saturated carbocycles. The molecule has 3 N–H and O–H groups in total. The van der Waals surface area contributed by atoms with E-state index < -0.39 is 5.41 Å². The van der Waals surface area contributed by atoms with Crippen molar-refractivity contribution in [3.8, 4) is 0 Å². The zero-order chi connectivity index (χ0) is 13.8. The molecule has 0 spiro atoms. The lowest BCUT2D eigenvalue weighted by molar-refractivity contribution is -0.124. The van der Waals surface area contributed by atoms with Gasteiger partial charge in [0.05, 0.1) is 17.3 Å². The minimum atomic E-state index is -0.528. The maximum Gasteiger partial charge on any atom is 0.231 e. The minimum Gasteiger partial charge on any atom is -0.363 e. The van der Waals surface area contributed by atoms with Crippen LogP contribution in [0.4, 0.5) is 11.5 Å². The van der Waals surface area contributed by atoms with Gasteiger partial charge >= 0.3 is 0 Å². The van der Waals surface area contributed by atoms with E-state index in [1.165, 1.54) is 0 Å². The number of nitrogens with zero attached hydrogens (tertiary/aromatic N) is 2. The Hall–Kier alpha value is -1.62. The number of carbonyl (C=O) groups excluding carboxylic acids is 1. The second kappa shape index (κ2) is 5.82. The molecule has 0 saturated heterocycles. The van der Waals surface area contributed by atoms with E-state index in [2.05, 4.69) is 10.3 Å². The van der Waals surface area contributed by atoms with Gasteiger partial charge in [0.1, 0.15) is 5.82 Å². The molecule has 0 bridgehead atoms. The van der Waals surface area contributed by atoms with Crippen LogP contribution in [0.15, 0.2) is 18.3 Å². The summed E-state index contributed by atoms with van der Waals surface area (Å²) in [6.07, 6.45) is 2.36. The Morgan fingerprint density at radius 3 is 2.56 bits per heavy atom. The van der Waals surface area contributed by atoms with Gasteiger partial charge in [-0.3, -0.25) is 4.79 Å². The number of aromatic nitrogens is 1. The van der Waals surface area contributed by atoms with Crippen molar-refractivity contribution in [1.29, 1.82) is 0 Å². The van der Waals surface area contributed by atoms with Gasteiger partial charge < -0.3 is 16.0 Å². The molecule has 1 unspecified atom stereocenters. The smallest absolute Gasteiger partial charge is 0.231 e. The summed E-state index contributed by atoms with van der Waals surface area (Å²) in [6.45, 7) is 4.16. The molecule has 0 fully saturated rings. The van der Waals surface area contributed by atoms with Crippen molar-refractivity contribution in [3.05, 3.63) is 18.3 Å². The fourth-order valence-corrected chi connectivity index (χ4v) is 1.40. The second-order valence-corrected chi connectivity index (χ2v) is 4.87. The Morgan fingerprint density at radius 1 is 1.50 bits per heavy atom. The van der Waals surface area contributed by atoms with Crippen LogP contribution in [-0.2, 0) is 4.79 Å². The molecule has 0 aliphatic carbocycles. The Kier molecular flexibility index (Phi) is 4.67. The Balaban J connectivity index is 2.76. The number of hydrogen-bond acceptors (Lipinski definition) is 4. The van der Waals surface area contributed by atoms with Crippen molar-refractivity contribution in [2.75, 3.05) is 30.9 Å². The van der Waals surface area contributed by atoms with E-state index in [1.54, 1.807) is 6.20 Å². The average molecular weight is 250 g/mol. The van der Waals surface area contributed by atoms with Gasteiger partial charge in [0.15, 0.2) is 0 Å². The van der Waals surface area contributed by atoms with E-state index in [9.17, 15) is 4.79 Å². The van der Waals surface area contributed by atoms with Crippen LogP contribution < -0.4 is 16.0 Å². The van der Waals surface area contributed by atoms with Crippen molar-refractivity contribution >= 4 is 17.4 Å². The SMILES string of the molecule is CCC(C)(CN)C(=O)Nc1ccc(N(C)C)nc1. The van der Waals surface area contributed by atoms with E-state index in [0.717, 1.165) is 5.82 Å². The maximum atomic E-state index is 12.1. The van der Waals surface area contributed by atoms with E-state index in [4.69, 9.17) is 5.73 Å². The fraction of sp³-hybridized carbons (Fsp3) is 0.538. The van der Waals surface area contributed by atoms with Crippen molar-refractivity contribution in [2.24, 2.45) is 11.1 Å². The maximum absolute atomic E-state index is 12.1. The number of anilines is 2. The quantitative estimate of drug-likeness (QED) is 0.830. The highest BCUT2D eigenvalue weighted by molar-refractivity contribution is 5.95. The molecule has 1 aromatic rings. The first-order valence-corrected chi connectivity index (χ1v) is 6.08. The van der Waals surface area contributed by atoms with Crippen molar-refractivity contribution in [2.45, 2.75) is 20.3 Å². The number of carbonyl (C=O) groups is 1. The van der Waals surface area contributed by atoms with Gasteiger partial charge in [0, 0.05) is 20.6 Å². The lowest BCUT2D eigenvalue weighted by atomic mass is 9.86. The molecule has 0 aliphatic rings. The summed E-state index contributed by atoms with van der Waals surface area (Å²) in [5.41, 5.74) is 5.82. The average Bonchev–Trinajstić information content (AvgIpc) is 2.38. The molecule has 5 heteroatoms. The fourth-order valence-electron chi connectivity index (χ4n) is 1.40. The molecule has 0 radical (unpaired) electrons. The van der Waals surface area contributed by atoms with Crippen molar-refractivity contribution < 1.29 is 4.79 Å². The lowest BCUT2D eigenvalue weighted by Gasteiger charge is -2.24. The van der Waals surface area contributed by atoms with Crippen LogP contribution in [0.2, 0.25) is 0 Å². The van der Waals surface area contributed by atoms with Crippen LogP contribution in [0.1, 0.15) is 20.3 Å². The molecule has 1 amide bonds. The normalized spacial score (nSPS) is 13.8. The molecular weight excluding hydrogens is 228 g/mol. The molecule has 5 nitrogen and oxygen atoms in total. The Morgan fingerprint density at radius 2 is 2.17 bits per heavy atom. The summed E-state index contributed by atoms with van der Waals surface area (Å²) in [5, 5.41) is 2.85. The molecule has 0 aliphatic heterocycles. The summed E-state index contributed by atoms with van der Waals surface area (Å²) >= 11 is 0. The van der Waals surface area contributed by atoms with Crippen LogP contribution in [0, 0.1) is 5.41 Å². The van der Waals surface area contributed by atoms with Crippen molar-refractivity contribution in [3.63, 3.8) is 0 Å². The molecular formula is C13H22N4O. The van der Waals surface area contributed by atoms with Gasteiger partial charge in [-0.05, 0) is 25.5 Å². The summed E-state index contributed by atoms with van der Waals surface area (Å²) in [5.74, 6) is 0.789. The van der Waals surface area contributed by atoms with E-state index >= 15 is 0 Å². The van der Waals surface area contributed by atoms with Crippen LogP contribution in [0.3, 0.4) is 0 Å². The summed E-state index contributed by atoms with van der Waals surface area (Å²) in [4.78, 5) is 18.2. The molecule has 1 heterocycles. The molecule has 1 atom stereocenters. The molecule has 0 aromatic carbocycles. The van der Waals surface area contributed by atoms with E-state index in [0.29, 0.717) is 18.7 Å². The minimum absolute atomic E-state index is 0.0631. The van der Waals surface area contributed by atoms with E-state index in [-0.39, 0.29) is 5.91 Å². The summed E-state index contributed by atoms with van der Waals surface area (Å²) in [7, 11) is 3.84. The number of nitrogens with two attached hydrogens (primary N) is 1. The largest absolute Gasteiger partial charge is 0.363 e. The van der Waals surface area contributed by atoms with Gasteiger partial charge in [0.2, 0.25) is 5.91 Å². The Bertz CT molecular complexity index is 396. The number of hydrogen-bond donors (Lipinski definition) is 2. The predicted molar refractivity (Wildman–Crippen MR) is 74.6 cm³/mol. The third kappa shape index (κ3) is 3.20. The highest BCUT2D eigenvalue weighted by Crippen LogP contribution is 2.22. The lowest BCUT2D eigenvalue weighted by Crippen LogP contribution is -2.39. The van der Waals surface area contributed by atoms with Gasteiger partial charge in [-0.15, -0.1) is 0 Å². The highest BCUT2D eigenvalue weighted by Gasteiger charge is 2.29. The third-order valence-electron chi connectivity index (χ3n) is 3.24. The first-order valence-electron chi connectivity index (χ1n) is 6.08. The number of pyridine rings is 1. The summed E-state index contributed by atoms with van der Waals surface area (Å²) < 4.78 is 0. The third-order valence-corrected chi connectivity index (χ3v) is 3.24. The monoisotopic (exact) mass is 250 g/mol. The van der Waals surface area contributed by atoms with Gasteiger partial charge in [0.25, 0.3) is 0 Å². The predicted octanol–water partition coefficient (Wildman–Crippen LogP) is 1.46. The zero-order valence-corrected chi connectivity index (χ0v) is 11.5. The number of amides is 1. The van der Waals surface area contributed by atoms with Gasteiger partial charge in [-0.1, -0.05) is 6.92 Å². The van der Waals surface area contributed by atoms with Crippen LogP contribution in [0.25, 0.3) is 0 Å². The standard InChI is InChI=1S/C13H22N4O/c1-5-13(2,9-14)12(18)16-10-6-7-11(15-8-10)17(3)4/h6-8H,5,9,14H2,1-4H3,(H,16,18). The van der Waals surface area contributed by atoms with Crippen molar-refractivity contribution in [1.82, 2.24) is 4.98 Å².